The third-order valence-corrected chi connectivity index (χ3v) is 30.4. The number of para-hydroxylation sites is 1. The molecule has 0 saturated heterocycles. The van der Waals surface area contributed by atoms with Crippen LogP contribution >= 0.6 is 0 Å². The predicted octanol–water partition coefficient (Wildman–Crippen LogP) is 31.6. The van der Waals surface area contributed by atoms with E-state index < -0.39 is 0 Å². The number of nitrogens with zero attached hydrogens (tertiary/aromatic N) is 3. The van der Waals surface area contributed by atoms with Crippen LogP contribution < -0.4 is 9.80 Å². The van der Waals surface area contributed by atoms with E-state index in [4.69, 9.17) is 8.83 Å². The van der Waals surface area contributed by atoms with Gasteiger partial charge in [-0.3, -0.25) is 0 Å². The summed E-state index contributed by atoms with van der Waals surface area (Å²) in [6.07, 6.45) is 13.0. The summed E-state index contributed by atoms with van der Waals surface area (Å²) in [4.78, 5) is 4.67. The molecule has 8 fully saturated rings. The molecule has 0 aliphatic heterocycles. The Balaban J connectivity index is 0.000000135. The Bertz CT molecular complexity index is 7040. The standard InChI is InChI=1S/C59H44N2O.C58H44FNO/c60-36-44-34-43(35-52-50-15-7-8-18-53(50)59(57(44)52)45-30-37-29-38(32-45)33-46(59)31-37)49-16-9-17-51-56-54(19-10-20-55(56)62-58(49)51)61(47-25-21-41(22-26-47)39-11-3-1-4-12-39)48-27-23-42(24-28-48)40-13-5-2-6-14-40;59-53-28-27-48(57-56(53)51-13-7-8-14-52(51)58(57)43-30-36-29-37(32-43)33-44(58)31-36)42-19-25-49-50-26-24-47(35-55(50)61-54(49)34-42)60(45-20-15-40(16-21-45)38-9-3-1-4-10-38)46-22-17-41(18-23-46)39-11-5-2-6-12-39/h1-28,34-35,37-38,45-46H,29-33H2;1-28,34-37,43-44H,29-33H2. The maximum Gasteiger partial charge on any atom is 0.143 e. The quantitative estimate of drug-likeness (QED) is 0.122. The van der Waals surface area contributed by atoms with E-state index in [2.05, 4.69) is 374 Å². The monoisotopic (exact) mass is 1590 g/mol. The highest BCUT2D eigenvalue weighted by molar-refractivity contribution is 6.17. The van der Waals surface area contributed by atoms with Gasteiger partial charge in [0.1, 0.15) is 28.1 Å². The van der Waals surface area contributed by atoms with Crippen molar-refractivity contribution in [2.45, 2.75) is 75.0 Å². The Hall–Kier alpha value is -13.9. The highest BCUT2D eigenvalue weighted by atomic mass is 19.1. The summed E-state index contributed by atoms with van der Waals surface area (Å²) in [6, 6.07) is 133. The lowest BCUT2D eigenvalue weighted by atomic mass is 9.42. The molecule has 16 aromatic carbocycles. The van der Waals surface area contributed by atoms with Crippen LogP contribution in [0.15, 0.2) is 373 Å². The van der Waals surface area contributed by atoms with Crippen molar-refractivity contribution in [3.63, 3.8) is 0 Å². The van der Waals surface area contributed by atoms with Crippen LogP contribution in [0, 0.1) is 64.5 Å². The molecular weight excluding hydrogens is 1500 g/mol. The second-order valence-electron chi connectivity index (χ2n) is 36.6. The van der Waals surface area contributed by atoms with Crippen molar-refractivity contribution in [2.24, 2.45) is 47.3 Å². The van der Waals surface area contributed by atoms with Crippen molar-refractivity contribution in [3.05, 3.63) is 398 Å². The summed E-state index contributed by atoms with van der Waals surface area (Å²) in [5, 5.41) is 15.4. The highest BCUT2D eigenvalue weighted by Crippen LogP contribution is 2.73. The van der Waals surface area contributed by atoms with Gasteiger partial charge >= 0.3 is 0 Å². The van der Waals surface area contributed by atoms with Gasteiger partial charge in [-0.1, -0.05) is 255 Å². The van der Waals surface area contributed by atoms with Crippen LogP contribution in [0.5, 0.6) is 0 Å². The van der Waals surface area contributed by atoms with E-state index in [0.717, 1.165) is 141 Å². The molecule has 0 N–H and O–H groups in total. The number of benzene rings is 16. The maximum atomic E-state index is 16.4. The second kappa shape index (κ2) is 28.4. The fraction of sp³-hybridized carbons (Fsp3) is 0.171. The van der Waals surface area contributed by atoms with E-state index in [-0.39, 0.29) is 16.6 Å². The molecule has 0 atom stereocenters. The molecular formula is C117H88FN3O2. The lowest BCUT2D eigenvalue weighted by Gasteiger charge is -2.61. The molecule has 590 valence electrons. The number of halogens is 1. The van der Waals surface area contributed by atoms with Gasteiger partial charge in [0.15, 0.2) is 0 Å². The first-order valence-electron chi connectivity index (χ1n) is 44.5. The molecule has 8 saturated carbocycles. The minimum Gasteiger partial charge on any atom is -0.456 e. The van der Waals surface area contributed by atoms with Crippen molar-refractivity contribution in [1.29, 1.82) is 5.26 Å². The second-order valence-corrected chi connectivity index (χ2v) is 36.6. The number of nitriles is 1. The molecule has 2 aromatic heterocycles. The lowest BCUT2D eigenvalue weighted by Crippen LogP contribution is -2.55. The zero-order valence-electron chi connectivity index (χ0n) is 68.4. The normalized spacial score (nSPS) is 21.8. The molecule has 18 aromatic rings. The van der Waals surface area contributed by atoms with E-state index in [0.29, 0.717) is 23.7 Å². The number of rotatable bonds is 12. The van der Waals surface area contributed by atoms with E-state index in [1.165, 1.54) is 142 Å². The largest absolute Gasteiger partial charge is 0.456 e. The maximum absolute atomic E-state index is 16.4. The summed E-state index contributed by atoms with van der Waals surface area (Å²) >= 11 is 0. The Morgan fingerprint density at radius 1 is 0.285 bits per heavy atom. The van der Waals surface area contributed by atoms with Crippen molar-refractivity contribution in [3.8, 4) is 95.1 Å². The SMILES string of the molecule is Fc1ccc(-c2ccc3c(c2)oc2cc(N(c4ccc(-c5ccccc5)cc4)c4ccc(-c5ccccc5)cc4)ccc23)c2c1-c1ccccc1C21C2CC3CC(C2)CC1C3.N#Cc1cc(-c2cccc3c2oc2cccc(N(c4ccc(-c5ccccc5)cc4)c4ccc(-c5ccccc5)cc4)c23)cc2c1C1(c3ccccc3-2)C2CC3CC(C2)CC1C3. The summed E-state index contributed by atoms with van der Waals surface area (Å²) in [6.45, 7) is 0. The molecule has 8 bridgehead atoms. The van der Waals surface area contributed by atoms with Gasteiger partial charge in [-0.05, 0) is 315 Å². The number of hydrogen-bond acceptors (Lipinski definition) is 5. The number of anilines is 6. The van der Waals surface area contributed by atoms with Crippen molar-refractivity contribution >= 4 is 78.0 Å². The smallest absolute Gasteiger partial charge is 0.143 e. The molecule has 123 heavy (non-hydrogen) atoms. The van der Waals surface area contributed by atoms with Gasteiger partial charge in [0.25, 0.3) is 0 Å². The van der Waals surface area contributed by atoms with Crippen LogP contribution in [0.25, 0.3) is 133 Å². The first-order valence-corrected chi connectivity index (χ1v) is 44.5. The number of furan rings is 2. The molecule has 10 aliphatic rings. The number of hydrogen-bond donors (Lipinski definition) is 0. The first kappa shape index (κ1) is 72.0. The Labute approximate surface area is 716 Å². The van der Waals surface area contributed by atoms with Crippen LogP contribution in [-0.4, -0.2) is 0 Å². The zero-order valence-corrected chi connectivity index (χ0v) is 68.4. The van der Waals surface area contributed by atoms with Gasteiger partial charge in [-0.25, -0.2) is 4.39 Å². The molecule has 5 nitrogen and oxygen atoms in total. The molecule has 2 heterocycles. The van der Waals surface area contributed by atoms with Gasteiger partial charge in [-0.15, -0.1) is 0 Å². The first-order chi connectivity index (χ1) is 60.7. The minimum atomic E-state index is -0.142. The Kier molecular flexibility index (Phi) is 16.6. The Morgan fingerprint density at radius 2 is 0.699 bits per heavy atom. The lowest BCUT2D eigenvalue weighted by molar-refractivity contribution is -0.0400. The highest BCUT2D eigenvalue weighted by Gasteiger charge is 2.64. The van der Waals surface area contributed by atoms with E-state index in [9.17, 15) is 5.26 Å². The van der Waals surface area contributed by atoms with Gasteiger partial charge in [0.05, 0.1) is 22.7 Å². The fourth-order valence-corrected chi connectivity index (χ4v) is 25.9. The molecule has 0 unspecified atom stereocenters. The molecule has 6 heteroatoms. The van der Waals surface area contributed by atoms with Gasteiger partial charge in [0.2, 0.25) is 0 Å². The third kappa shape index (κ3) is 11.2. The van der Waals surface area contributed by atoms with Crippen LogP contribution in [0.3, 0.4) is 0 Å². The summed E-state index contributed by atoms with van der Waals surface area (Å²) in [7, 11) is 0. The van der Waals surface area contributed by atoms with Crippen LogP contribution in [0.4, 0.5) is 38.5 Å². The summed E-state index contributed by atoms with van der Waals surface area (Å²) in [5.74, 6) is 5.53. The van der Waals surface area contributed by atoms with Crippen molar-refractivity contribution in [1.82, 2.24) is 0 Å². The number of fused-ring (bicyclic) bond motifs is 12. The van der Waals surface area contributed by atoms with Crippen LogP contribution in [-0.2, 0) is 10.8 Å². The molecule has 0 radical (unpaired) electrons. The topological polar surface area (TPSA) is 56.6 Å². The van der Waals surface area contributed by atoms with E-state index >= 15 is 4.39 Å². The van der Waals surface area contributed by atoms with Gasteiger partial charge in [-0.2, -0.15) is 5.26 Å². The third-order valence-electron chi connectivity index (χ3n) is 30.4. The molecule has 0 amide bonds. The van der Waals surface area contributed by atoms with Crippen LogP contribution in [0.1, 0.15) is 92.0 Å². The minimum absolute atomic E-state index is 0.0642. The van der Waals surface area contributed by atoms with E-state index in [1.807, 2.05) is 0 Å². The summed E-state index contributed by atoms with van der Waals surface area (Å²) in [5.41, 5.74) is 34.0. The van der Waals surface area contributed by atoms with E-state index in [1.54, 1.807) is 6.07 Å². The molecule has 10 aliphatic carbocycles. The molecule has 28 rings (SSSR count). The fourth-order valence-electron chi connectivity index (χ4n) is 25.9. The van der Waals surface area contributed by atoms with Crippen molar-refractivity contribution in [2.75, 3.05) is 9.80 Å². The van der Waals surface area contributed by atoms with Gasteiger partial charge < -0.3 is 18.6 Å². The van der Waals surface area contributed by atoms with Crippen molar-refractivity contribution < 1.29 is 13.2 Å². The Morgan fingerprint density at radius 3 is 1.21 bits per heavy atom. The molecule has 2 spiro atoms. The van der Waals surface area contributed by atoms with Gasteiger partial charge in [0, 0.05) is 72.6 Å². The average molecular weight is 1590 g/mol. The predicted molar refractivity (Wildman–Crippen MR) is 501 cm³/mol. The summed E-state index contributed by atoms with van der Waals surface area (Å²) < 4.78 is 30.2. The zero-order chi connectivity index (χ0) is 81.2. The average Bonchev–Trinajstić information content (AvgIpc) is 1.53. The van der Waals surface area contributed by atoms with Crippen LogP contribution in [0.2, 0.25) is 0 Å².